The first-order valence-corrected chi connectivity index (χ1v) is 17.1. The maximum Gasteiger partial charge on any atom is 0.314 e. The van der Waals surface area contributed by atoms with Crippen molar-refractivity contribution in [3.8, 4) is 16.9 Å². The van der Waals surface area contributed by atoms with Gasteiger partial charge in [-0.15, -0.1) is 0 Å². The van der Waals surface area contributed by atoms with Crippen molar-refractivity contribution in [1.29, 1.82) is 0 Å². The van der Waals surface area contributed by atoms with Crippen LogP contribution in [0.15, 0.2) is 54.9 Å². The van der Waals surface area contributed by atoms with Gasteiger partial charge in [0.2, 0.25) is 0 Å². The first-order valence-electron chi connectivity index (χ1n) is 16.7. The second kappa shape index (κ2) is 16.4. The maximum absolute atomic E-state index is 12.1. The fourth-order valence-corrected chi connectivity index (χ4v) is 6.13. The molecule has 2 fully saturated rings. The first-order chi connectivity index (χ1) is 23.1. The summed E-state index contributed by atoms with van der Waals surface area (Å²) in [7, 11) is 0. The van der Waals surface area contributed by atoms with Gasteiger partial charge in [-0.1, -0.05) is 35.9 Å². The highest BCUT2D eigenvalue weighted by Gasteiger charge is 2.46. The van der Waals surface area contributed by atoms with Crippen LogP contribution in [0.4, 0.5) is 4.79 Å². The number of pyridine rings is 1. The number of benzene rings is 2. The van der Waals surface area contributed by atoms with Crippen LogP contribution in [0, 0.1) is 6.92 Å². The molecule has 260 valence electrons. The predicted octanol–water partition coefficient (Wildman–Crippen LogP) is 3.09. The number of hydrogen-bond acceptors (Lipinski definition) is 9. The van der Waals surface area contributed by atoms with E-state index in [0.717, 1.165) is 72.1 Å². The molecule has 12 heteroatoms. The Kier molecular flexibility index (Phi) is 12.3. The van der Waals surface area contributed by atoms with Crippen LogP contribution in [0.1, 0.15) is 60.8 Å². The molecule has 0 bridgehead atoms. The Labute approximate surface area is 286 Å². The number of ether oxygens (including phenoxy) is 1. The molecule has 2 aliphatic rings. The van der Waals surface area contributed by atoms with Crippen molar-refractivity contribution < 1.29 is 35.1 Å². The van der Waals surface area contributed by atoms with Gasteiger partial charge in [0.15, 0.2) is 0 Å². The van der Waals surface area contributed by atoms with E-state index in [1.165, 1.54) is 5.56 Å². The molecular weight excluding hydrogens is 636 g/mol. The maximum atomic E-state index is 12.1. The van der Waals surface area contributed by atoms with Crippen molar-refractivity contribution >= 4 is 17.6 Å². The van der Waals surface area contributed by atoms with E-state index in [2.05, 4.69) is 52.1 Å². The Bertz CT molecular complexity index is 1530. The SMILES string of the molecule is Cc1cc(CNC2(c3cnccc3-c3ccccc3OC3CC3)CC2)c(Cl)cc1CCCCNC(=O)NC[C@H](O)[C@@H](O)[C@H](O)[C@H](O)CO. The predicted molar refractivity (Wildman–Crippen MR) is 183 cm³/mol. The topological polar surface area (TPSA) is 176 Å². The van der Waals surface area contributed by atoms with Crippen LogP contribution in [0.2, 0.25) is 5.02 Å². The van der Waals surface area contributed by atoms with Gasteiger partial charge in [-0.2, -0.15) is 0 Å². The second-order valence-corrected chi connectivity index (χ2v) is 13.3. The van der Waals surface area contributed by atoms with Crippen molar-refractivity contribution in [2.75, 3.05) is 19.7 Å². The summed E-state index contributed by atoms with van der Waals surface area (Å²) in [5, 5.41) is 57.4. The standard InChI is InChI=1S/C36H47ClN4O7/c1-22-16-24(29(37)17-23(22)6-4-5-14-39-35(47)40-20-30(43)33(45)34(46)31(44)21-42)18-41-36(12-13-36)28-19-38-15-11-26(28)27-7-2-3-8-32(27)48-25-9-10-25/h2-3,7-8,11,15-17,19,25,30-31,33-34,41-46H,4-6,9-10,12-14,18,20-21H2,1H3,(H2,39,40,47)/t30-,31+,33+,34+/m0/s1. The second-order valence-electron chi connectivity index (χ2n) is 12.9. The van der Waals surface area contributed by atoms with E-state index in [1.807, 2.05) is 30.6 Å². The van der Waals surface area contributed by atoms with Crippen LogP contribution in [0.3, 0.4) is 0 Å². The lowest BCUT2D eigenvalue weighted by Crippen LogP contribution is -2.50. The van der Waals surface area contributed by atoms with Gasteiger partial charge >= 0.3 is 6.03 Å². The third kappa shape index (κ3) is 9.23. The van der Waals surface area contributed by atoms with Gasteiger partial charge < -0.3 is 46.2 Å². The van der Waals surface area contributed by atoms with E-state index in [4.69, 9.17) is 21.4 Å². The normalized spacial score (nSPS) is 17.6. The molecule has 0 aliphatic heterocycles. The van der Waals surface area contributed by atoms with Crippen molar-refractivity contribution in [3.63, 3.8) is 0 Å². The molecule has 1 heterocycles. The monoisotopic (exact) mass is 682 g/mol. The fourth-order valence-electron chi connectivity index (χ4n) is 5.87. The smallest absolute Gasteiger partial charge is 0.314 e. The molecule has 3 aromatic rings. The number of rotatable bonds is 18. The Balaban J connectivity index is 1.09. The van der Waals surface area contributed by atoms with E-state index in [-0.39, 0.29) is 12.1 Å². The van der Waals surface area contributed by atoms with Gasteiger partial charge in [-0.3, -0.25) is 4.98 Å². The Hall–Kier alpha value is -3.29. The van der Waals surface area contributed by atoms with E-state index in [0.29, 0.717) is 30.6 Å². The van der Waals surface area contributed by atoms with Gasteiger partial charge in [0.1, 0.15) is 24.1 Å². The van der Waals surface area contributed by atoms with Crippen molar-refractivity contribution in [1.82, 2.24) is 20.9 Å². The summed E-state index contributed by atoms with van der Waals surface area (Å²) in [6, 6.07) is 14.0. The quantitative estimate of drug-likeness (QED) is 0.0938. The Morgan fingerprint density at radius 2 is 1.75 bits per heavy atom. The number of urea groups is 1. The average molecular weight is 683 g/mol. The van der Waals surface area contributed by atoms with E-state index in [1.54, 1.807) is 0 Å². The van der Waals surface area contributed by atoms with E-state index >= 15 is 0 Å². The summed E-state index contributed by atoms with van der Waals surface area (Å²) >= 11 is 6.79. The number of aliphatic hydroxyl groups is 5. The third-order valence-electron chi connectivity index (χ3n) is 9.16. The minimum Gasteiger partial charge on any atom is -0.490 e. The van der Waals surface area contributed by atoms with Crippen LogP contribution < -0.4 is 20.7 Å². The molecule has 2 amide bonds. The minimum absolute atomic E-state index is 0.174. The number of nitrogens with zero attached hydrogens (tertiary/aromatic N) is 1. The number of amides is 2. The number of carbonyl (C=O) groups excluding carboxylic acids is 1. The number of hydrogen-bond donors (Lipinski definition) is 8. The molecule has 8 N–H and O–H groups in total. The summed E-state index contributed by atoms with van der Waals surface area (Å²) in [6.07, 6.45) is 4.10. The van der Waals surface area contributed by atoms with E-state index in [9.17, 15) is 25.2 Å². The third-order valence-corrected chi connectivity index (χ3v) is 9.51. The Morgan fingerprint density at radius 3 is 2.48 bits per heavy atom. The summed E-state index contributed by atoms with van der Waals surface area (Å²) in [6.45, 7) is 2.00. The zero-order valence-corrected chi connectivity index (χ0v) is 28.0. The van der Waals surface area contributed by atoms with Crippen molar-refractivity contribution in [3.05, 3.63) is 82.1 Å². The summed E-state index contributed by atoms with van der Waals surface area (Å²) in [4.78, 5) is 16.6. The summed E-state index contributed by atoms with van der Waals surface area (Å²) < 4.78 is 6.25. The fraction of sp³-hybridized carbons (Fsp3) is 0.500. The largest absolute Gasteiger partial charge is 0.490 e. The lowest BCUT2D eigenvalue weighted by molar-refractivity contribution is -0.113. The molecule has 0 spiro atoms. The highest BCUT2D eigenvalue weighted by molar-refractivity contribution is 6.31. The van der Waals surface area contributed by atoms with Gasteiger partial charge in [0.25, 0.3) is 0 Å². The van der Waals surface area contributed by atoms with E-state index < -0.39 is 37.1 Å². The van der Waals surface area contributed by atoms with Crippen molar-refractivity contribution in [2.24, 2.45) is 0 Å². The van der Waals surface area contributed by atoms with Crippen molar-refractivity contribution in [2.45, 2.75) is 94.5 Å². The first kappa shape index (κ1) is 36.0. The minimum atomic E-state index is -1.74. The molecule has 2 aromatic carbocycles. The average Bonchev–Trinajstić information content (AvgIpc) is 4.04. The van der Waals surface area contributed by atoms with Crippen LogP contribution in [0.5, 0.6) is 5.75 Å². The molecule has 11 nitrogen and oxygen atoms in total. The number of aromatic nitrogens is 1. The summed E-state index contributed by atoms with van der Waals surface area (Å²) in [5.74, 6) is 0.919. The molecule has 0 radical (unpaired) electrons. The van der Waals surface area contributed by atoms with Gasteiger partial charge in [0.05, 0.1) is 18.8 Å². The van der Waals surface area contributed by atoms with Gasteiger partial charge in [0, 0.05) is 48.2 Å². The zero-order chi connectivity index (χ0) is 34.3. The molecule has 2 saturated carbocycles. The Morgan fingerprint density at radius 1 is 1.00 bits per heavy atom. The van der Waals surface area contributed by atoms with Crippen LogP contribution >= 0.6 is 11.6 Å². The molecule has 0 saturated heterocycles. The van der Waals surface area contributed by atoms with Crippen LogP contribution in [0.25, 0.3) is 11.1 Å². The molecular formula is C36H47ClN4O7. The number of nitrogens with one attached hydrogen (secondary N) is 3. The number of halogens is 1. The number of aryl methyl sites for hydroxylation is 2. The highest BCUT2D eigenvalue weighted by Crippen LogP contribution is 2.50. The lowest BCUT2D eigenvalue weighted by atomic mass is 9.94. The number of aliphatic hydroxyl groups excluding tert-OH is 5. The number of unbranched alkanes of at least 4 members (excludes halogenated alkanes) is 1. The zero-order valence-electron chi connectivity index (χ0n) is 27.2. The molecule has 5 rings (SSSR count). The molecule has 4 atom stereocenters. The number of para-hydroxylation sites is 1. The van der Waals surface area contributed by atoms with Gasteiger partial charge in [-0.25, -0.2) is 4.79 Å². The highest BCUT2D eigenvalue weighted by atomic mass is 35.5. The van der Waals surface area contributed by atoms with Crippen LogP contribution in [-0.2, 0) is 18.5 Å². The molecule has 0 unspecified atom stereocenters. The molecule has 1 aromatic heterocycles. The van der Waals surface area contributed by atoms with Gasteiger partial charge in [-0.05, 0) is 97.9 Å². The molecule has 48 heavy (non-hydrogen) atoms. The molecule has 2 aliphatic carbocycles. The lowest BCUT2D eigenvalue weighted by Gasteiger charge is -2.25. The summed E-state index contributed by atoms with van der Waals surface area (Å²) in [5.41, 5.74) is 6.58. The number of carbonyl (C=O) groups is 1. The van der Waals surface area contributed by atoms with Crippen LogP contribution in [-0.4, -0.2) is 86.8 Å².